The number of rotatable bonds is 62. The van der Waals surface area contributed by atoms with Gasteiger partial charge in [0.05, 0.1) is 0 Å². The molecule has 0 heterocycles. The molecule has 0 saturated carbocycles. The van der Waals surface area contributed by atoms with Crippen molar-refractivity contribution in [3.63, 3.8) is 0 Å². The average molecular weight is 1080 g/mol. The Bertz CT molecular complexity index is 1380. The molecule has 0 aromatic rings. The lowest BCUT2D eigenvalue weighted by Gasteiger charge is -2.18. The minimum Gasteiger partial charge on any atom is -0.462 e. The lowest BCUT2D eigenvalue weighted by atomic mass is 10.0. The van der Waals surface area contributed by atoms with Crippen LogP contribution in [0.15, 0.2) is 60.8 Å². The zero-order valence-corrected chi connectivity index (χ0v) is 51.5. The van der Waals surface area contributed by atoms with E-state index in [9.17, 15) is 14.4 Å². The van der Waals surface area contributed by atoms with Crippen LogP contribution in [0.3, 0.4) is 0 Å². The van der Waals surface area contributed by atoms with E-state index in [4.69, 9.17) is 14.2 Å². The first-order valence-electron chi connectivity index (χ1n) is 33.8. The number of esters is 3. The molecule has 0 saturated heterocycles. The Balaban J connectivity index is 4.15. The summed E-state index contributed by atoms with van der Waals surface area (Å²) < 4.78 is 16.9. The quantitative estimate of drug-likeness (QED) is 0.0261. The van der Waals surface area contributed by atoms with Gasteiger partial charge in [-0.2, -0.15) is 0 Å². The van der Waals surface area contributed by atoms with E-state index in [1.165, 1.54) is 218 Å². The zero-order valence-electron chi connectivity index (χ0n) is 51.5. The van der Waals surface area contributed by atoms with Crippen LogP contribution in [0.2, 0.25) is 0 Å². The molecule has 0 fully saturated rings. The second-order valence-electron chi connectivity index (χ2n) is 22.7. The van der Waals surface area contributed by atoms with Crippen LogP contribution in [0.4, 0.5) is 0 Å². The normalized spacial score (nSPS) is 12.4. The van der Waals surface area contributed by atoms with Crippen molar-refractivity contribution in [1.29, 1.82) is 0 Å². The molecule has 6 nitrogen and oxygen atoms in total. The topological polar surface area (TPSA) is 78.9 Å². The molecular formula is C71H128O6. The summed E-state index contributed by atoms with van der Waals surface area (Å²) in [4.78, 5) is 38.3. The van der Waals surface area contributed by atoms with Gasteiger partial charge in [0.25, 0.3) is 0 Å². The highest BCUT2D eigenvalue weighted by molar-refractivity contribution is 5.71. The maximum atomic E-state index is 12.9. The van der Waals surface area contributed by atoms with Crippen LogP contribution in [0, 0.1) is 0 Å². The zero-order chi connectivity index (χ0) is 55.7. The van der Waals surface area contributed by atoms with Gasteiger partial charge in [0.2, 0.25) is 0 Å². The molecule has 0 spiro atoms. The predicted molar refractivity (Wildman–Crippen MR) is 335 cm³/mol. The number of carbonyl (C=O) groups excluding carboxylic acids is 3. The third-order valence-corrected chi connectivity index (χ3v) is 15.0. The number of unbranched alkanes of at least 4 members (excludes halogenated alkanes) is 41. The van der Waals surface area contributed by atoms with Gasteiger partial charge in [0, 0.05) is 19.3 Å². The Labute approximate surface area is 479 Å². The van der Waals surface area contributed by atoms with Crippen LogP contribution in [-0.4, -0.2) is 37.2 Å². The molecule has 1 atom stereocenters. The molecule has 0 aromatic carbocycles. The van der Waals surface area contributed by atoms with E-state index in [0.717, 1.165) is 96.3 Å². The summed E-state index contributed by atoms with van der Waals surface area (Å²) >= 11 is 0. The Kier molecular flexibility index (Phi) is 63.2. The van der Waals surface area contributed by atoms with E-state index in [0.29, 0.717) is 19.3 Å². The second kappa shape index (κ2) is 65.6. The Morgan fingerprint density at radius 1 is 0.260 bits per heavy atom. The van der Waals surface area contributed by atoms with Gasteiger partial charge in [-0.05, 0) is 109 Å². The van der Waals surface area contributed by atoms with Crippen molar-refractivity contribution in [1.82, 2.24) is 0 Å². The minimum absolute atomic E-state index is 0.0794. The van der Waals surface area contributed by atoms with Crippen molar-refractivity contribution in [3.8, 4) is 0 Å². The molecule has 6 heteroatoms. The first-order valence-corrected chi connectivity index (χ1v) is 33.8. The van der Waals surface area contributed by atoms with Gasteiger partial charge in [-0.3, -0.25) is 14.4 Å². The molecule has 0 aliphatic heterocycles. The van der Waals surface area contributed by atoms with Crippen molar-refractivity contribution in [2.75, 3.05) is 13.2 Å². The highest BCUT2D eigenvalue weighted by Crippen LogP contribution is 2.17. The van der Waals surface area contributed by atoms with Crippen LogP contribution in [0.5, 0.6) is 0 Å². The Hall–Kier alpha value is -2.89. The lowest BCUT2D eigenvalue weighted by molar-refractivity contribution is -0.167. The highest BCUT2D eigenvalue weighted by atomic mass is 16.6. The Morgan fingerprint density at radius 2 is 0.468 bits per heavy atom. The lowest BCUT2D eigenvalue weighted by Crippen LogP contribution is -2.30. The molecule has 448 valence electrons. The van der Waals surface area contributed by atoms with Crippen molar-refractivity contribution < 1.29 is 28.6 Å². The van der Waals surface area contributed by atoms with Crippen LogP contribution in [0.1, 0.15) is 355 Å². The summed E-state index contributed by atoms with van der Waals surface area (Å²) in [5.74, 6) is -0.885. The summed E-state index contributed by atoms with van der Waals surface area (Å²) in [5, 5.41) is 0. The Morgan fingerprint density at radius 3 is 0.766 bits per heavy atom. The summed E-state index contributed by atoms with van der Waals surface area (Å²) in [6.07, 6.45) is 83.9. The third-order valence-electron chi connectivity index (χ3n) is 15.0. The van der Waals surface area contributed by atoms with Crippen LogP contribution in [-0.2, 0) is 28.6 Å². The maximum Gasteiger partial charge on any atom is 0.306 e. The number of hydrogen-bond donors (Lipinski definition) is 0. The van der Waals surface area contributed by atoms with Gasteiger partial charge >= 0.3 is 17.9 Å². The van der Waals surface area contributed by atoms with Gasteiger partial charge in [-0.25, -0.2) is 0 Å². The minimum atomic E-state index is -0.784. The molecular weight excluding hydrogens is 949 g/mol. The number of ether oxygens (including phenoxy) is 3. The third kappa shape index (κ3) is 63.8. The molecule has 0 aliphatic rings. The van der Waals surface area contributed by atoms with Crippen LogP contribution >= 0.6 is 0 Å². The largest absolute Gasteiger partial charge is 0.462 e. The van der Waals surface area contributed by atoms with Gasteiger partial charge in [-0.1, -0.05) is 287 Å². The van der Waals surface area contributed by atoms with Crippen molar-refractivity contribution in [2.24, 2.45) is 0 Å². The molecule has 0 aromatic heterocycles. The monoisotopic (exact) mass is 1080 g/mol. The summed E-state index contributed by atoms with van der Waals surface area (Å²) in [5.41, 5.74) is 0. The van der Waals surface area contributed by atoms with Crippen LogP contribution in [0.25, 0.3) is 0 Å². The van der Waals surface area contributed by atoms with E-state index in [1.807, 2.05) is 0 Å². The molecule has 1 unspecified atom stereocenters. The summed E-state index contributed by atoms with van der Waals surface area (Å²) in [6.45, 7) is 6.61. The summed E-state index contributed by atoms with van der Waals surface area (Å²) in [6, 6.07) is 0. The standard InChI is InChI=1S/C71H128O6/c1-4-7-10-13-16-19-22-25-27-29-30-31-32-33-34-35-36-37-38-39-40-41-42-43-45-46-49-52-55-58-61-64-70(73)76-67-68(66-75-69(72)63-60-57-54-51-48-24-21-18-15-12-9-6-3)77-71(74)65-62-59-56-53-50-47-44-28-26-23-20-17-14-11-8-5-2/h18,20-23,25,28-30,44,68H,4-17,19,24,26-27,31-43,45-67H2,1-3H3/b21-18-,23-20-,25-22-,30-29-,44-28-. The van der Waals surface area contributed by atoms with Crippen LogP contribution < -0.4 is 0 Å². The molecule has 0 rings (SSSR count). The average Bonchev–Trinajstić information content (AvgIpc) is 3.43. The molecule has 0 amide bonds. The molecule has 0 N–H and O–H groups in total. The highest BCUT2D eigenvalue weighted by Gasteiger charge is 2.19. The fourth-order valence-electron chi connectivity index (χ4n) is 9.85. The molecule has 0 radical (unpaired) electrons. The fourth-order valence-corrected chi connectivity index (χ4v) is 9.85. The number of carbonyl (C=O) groups is 3. The van der Waals surface area contributed by atoms with Crippen molar-refractivity contribution in [3.05, 3.63) is 60.8 Å². The number of allylic oxidation sites excluding steroid dienone is 10. The predicted octanol–water partition coefficient (Wildman–Crippen LogP) is 23.1. The van der Waals surface area contributed by atoms with Gasteiger partial charge in [-0.15, -0.1) is 0 Å². The first-order chi connectivity index (χ1) is 38.0. The fraction of sp³-hybridized carbons (Fsp3) is 0.817. The smallest absolute Gasteiger partial charge is 0.306 e. The van der Waals surface area contributed by atoms with Gasteiger partial charge < -0.3 is 14.2 Å². The van der Waals surface area contributed by atoms with E-state index >= 15 is 0 Å². The van der Waals surface area contributed by atoms with E-state index in [1.54, 1.807) is 0 Å². The molecule has 0 bridgehead atoms. The first kappa shape index (κ1) is 74.1. The number of hydrogen-bond acceptors (Lipinski definition) is 6. The van der Waals surface area contributed by atoms with Gasteiger partial charge in [0.15, 0.2) is 6.10 Å². The molecule has 0 aliphatic carbocycles. The van der Waals surface area contributed by atoms with E-state index < -0.39 is 6.10 Å². The SMILES string of the molecule is CCCCC/C=C\CCCCCCCC(=O)OCC(COC(=O)CCCCCCCCCCCCCCCCCCCCC/C=C\C/C=C\CCCCCCC)OC(=O)CCCCCCC/C=C\C/C=C\CCCCCC. The van der Waals surface area contributed by atoms with Gasteiger partial charge in [0.1, 0.15) is 13.2 Å². The van der Waals surface area contributed by atoms with E-state index in [2.05, 4.69) is 81.5 Å². The second-order valence-corrected chi connectivity index (χ2v) is 22.7. The molecule has 77 heavy (non-hydrogen) atoms. The maximum absolute atomic E-state index is 12.9. The van der Waals surface area contributed by atoms with E-state index in [-0.39, 0.29) is 31.1 Å². The van der Waals surface area contributed by atoms with Crippen molar-refractivity contribution in [2.45, 2.75) is 361 Å². The van der Waals surface area contributed by atoms with Crippen molar-refractivity contribution >= 4 is 17.9 Å². The summed E-state index contributed by atoms with van der Waals surface area (Å²) in [7, 11) is 0.